The third kappa shape index (κ3) is 5.17. The molecule has 0 fully saturated rings. The standard InChI is InChI=1S/C15H26N4O/c1-5-16-15(20)14-10-13(8-9-17-14)18-12(4)11-19(6-2)7-3/h8-10,12H,5-7,11H2,1-4H3,(H,16,20)(H,17,18). The number of anilines is 1. The van der Waals surface area contributed by atoms with Crippen LogP contribution in [0.15, 0.2) is 18.3 Å². The molecule has 0 aliphatic heterocycles. The second-order valence-corrected chi connectivity index (χ2v) is 4.82. The zero-order chi connectivity index (χ0) is 15.0. The lowest BCUT2D eigenvalue weighted by atomic mass is 10.2. The van der Waals surface area contributed by atoms with Crippen LogP contribution in [0, 0.1) is 0 Å². The van der Waals surface area contributed by atoms with Gasteiger partial charge in [0.15, 0.2) is 0 Å². The van der Waals surface area contributed by atoms with E-state index in [1.54, 1.807) is 12.3 Å². The Labute approximate surface area is 121 Å². The van der Waals surface area contributed by atoms with Gasteiger partial charge in [-0.05, 0) is 39.1 Å². The Bertz CT molecular complexity index is 418. The maximum Gasteiger partial charge on any atom is 0.269 e. The molecule has 1 unspecified atom stereocenters. The molecule has 2 N–H and O–H groups in total. The lowest BCUT2D eigenvalue weighted by Gasteiger charge is -2.24. The van der Waals surface area contributed by atoms with E-state index in [9.17, 15) is 4.79 Å². The van der Waals surface area contributed by atoms with Gasteiger partial charge in [0.2, 0.25) is 0 Å². The summed E-state index contributed by atoms with van der Waals surface area (Å²) in [6.45, 7) is 12.0. The number of aromatic nitrogens is 1. The van der Waals surface area contributed by atoms with E-state index in [2.05, 4.69) is 41.3 Å². The van der Waals surface area contributed by atoms with Gasteiger partial charge in [0.05, 0.1) is 0 Å². The number of amides is 1. The molecule has 5 nitrogen and oxygen atoms in total. The Morgan fingerprint density at radius 3 is 2.65 bits per heavy atom. The maximum atomic E-state index is 11.7. The van der Waals surface area contributed by atoms with Gasteiger partial charge in [-0.1, -0.05) is 13.8 Å². The molecule has 1 rings (SSSR count). The predicted octanol–water partition coefficient (Wildman–Crippen LogP) is 1.97. The van der Waals surface area contributed by atoms with Gasteiger partial charge in [0.25, 0.3) is 5.91 Å². The molecule has 5 heteroatoms. The quantitative estimate of drug-likeness (QED) is 0.763. The number of carbonyl (C=O) groups excluding carboxylic acids is 1. The van der Waals surface area contributed by atoms with Crippen LogP contribution < -0.4 is 10.6 Å². The number of carbonyl (C=O) groups is 1. The molecule has 1 aromatic rings. The highest BCUT2D eigenvalue weighted by atomic mass is 16.1. The summed E-state index contributed by atoms with van der Waals surface area (Å²) >= 11 is 0. The average Bonchev–Trinajstić information content (AvgIpc) is 2.45. The summed E-state index contributed by atoms with van der Waals surface area (Å²) in [6, 6.07) is 4.00. The first-order valence-corrected chi connectivity index (χ1v) is 7.33. The smallest absolute Gasteiger partial charge is 0.269 e. The summed E-state index contributed by atoms with van der Waals surface area (Å²) in [6.07, 6.45) is 1.66. The molecule has 20 heavy (non-hydrogen) atoms. The third-order valence-electron chi connectivity index (χ3n) is 3.17. The van der Waals surface area contributed by atoms with E-state index >= 15 is 0 Å². The Morgan fingerprint density at radius 2 is 2.05 bits per heavy atom. The van der Waals surface area contributed by atoms with Crippen molar-refractivity contribution < 1.29 is 4.79 Å². The largest absolute Gasteiger partial charge is 0.381 e. The van der Waals surface area contributed by atoms with Crippen molar-refractivity contribution >= 4 is 11.6 Å². The first-order chi connectivity index (χ1) is 9.60. The van der Waals surface area contributed by atoms with E-state index in [4.69, 9.17) is 0 Å². The van der Waals surface area contributed by atoms with Gasteiger partial charge in [-0.3, -0.25) is 9.78 Å². The molecule has 0 bridgehead atoms. The minimum atomic E-state index is -0.132. The van der Waals surface area contributed by atoms with Crippen LogP contribution >= 0.6 is 0 Å². The van der Waals surface area contributed by atoms with Crippen LogP contribution in [0.25, 0.3) is 0 Å². The lowest BCUT2D eigenvalue weighted by Crippen LogP contribution is -2.34. The number of rotatable bonds is 8. The molecule has 0 saturated carbocycles. The van der Waals surface area contributed by atoms with Gasteiger partial charge >= 0.3 is 0 Å². The van der Waals surface area contributed by atoms with Gasteiger partial charge in [-0.2, -0.15) is 0 Å². The van der Waals surface area contributed by atoms with E-state index in [1.807, 2.05) is 13.0 Å². The molecule has 112 valence electrons. The Morgan fingerprint density at radius 1 is 1.35 bits per heavy atom. The zero-order valence-electron chi connectivity index (χ0n) is 12.9. The number of pyridine rings is 1. The number of hydrogen-bond acceptors (Lipinski definition) is 4. The summed E-state index contributed by atoms with van der Waals surface area (Å²) in [5, 5.41) is 6.17. The summed E-state index contributed by atoms with van der Waals surface area (Å²) in [4.78, 5) is 18.2. The molecule has 0 aromatic carbocycles. The van der Waals surface area contributed by atoms with Gasteiger partial charge in [0.1, 0.15) is 5.69 Å². The van der Waals surface area contributed by atoms with Gasteiger partial charge in [-0.25, -0.2) is 0 Å². The Hall–Kier alpha value is -1.62. The van der Waals surface area contributed by atoms with Gasteiger partial charge in [-0.15, -0.1) is 0 Å². The Kier molecular flexibility index (Phi) is 7.01. The number of nitrogens with zero attached hydrogens (tertiary/aromatic N) is 2. The SMILES string of the molecule is CCNC(=O)c1cc(NC(C)CN(CC)CC)ccn1. The van der Waals surface area contributed by atoms with Crippen molar-refractivity contribution in [1.29, 1.82) is 0 Å². The van der Waals surface area contributed by atoms with Crippen LogP contribution in [0.5, 0.6) is 0 Å². The van der Waals surface area contributed by atoms with Crippen LogP contribution in [-0.4, -0.2) is 48.0 Å². The van der Waals surface area contributed by atoms with Crippen molar-refractivity contribution in [2.45, 2.75) is 33.7 Å². The summed E-state index contributed by atoms with van der Waals surface area (Å²) < 4.78 is 0. The predicted molar refractivity (Wildman–Crippen MR) is 83.1 cm³/mol. The van der Waals surface area contributed by atoms with Crippen molar-refractivity contribution in [3.8, 4) is 0 Å². The van der Waals surface area contributed by atoms with Crippen molar-refractivity contribution in [2.24, 2.45) is 0 Å². The summed E-state index contributed by atoms with van der Waals surface area (Å²) in [7, 11) is 0. The molecule has 0 saturated heterocycles. The van der Waals surface area contributed by atoms with Crippen molar-refractivity contribution in [3.05, 3.63) is 24.0 Å². The molecule has 0 aliphatic rings. The summed E-state index contributed by atoms with van der Waals surface area (Å²) in [5.41, 5.74) is 1.38. The fourth-order valence-corrected chi connectivity index (χ4v) is 2.09. The average molecular weight is 278 g/mol. The molecule has 1 amide bonds. The fraction of sp³-hybridized carbons (Fsp3) is 0.600. The first kappa shape index (κ1) is 16.4. The summed E-state index contributed by atoms with van der Waals surface area (Å²) in [5.74, 6) is -0.132. The van der Waals surface area contributed by atoms with Crippen molar-refractivity contribution in [1.82, 2.24) is 15.2 Å². The molecule has 0 aliphatic carbocycles. The van der Waals surface area contributed by atoms with Crippen LogP contribution in [-0.2, 0) is 0 Å². The number of likely N-dealkylation sites (N-methyl/N-ethyl adjacent to an activating group) is 1. The van der Waals surface area contributed by atoms with Gasteiger partial charge < -0.3 is 15.5 Å². The maximum absolute atomic E-state index is 11.7. The molecular weight excluding hydrogens is 252 g/mol. The zero-order valence-corrected chi connectivity index (χ0v) is 12.9. The first-order valence-electron chi connectivity index (χ1n) is 7.33. The molecule has 1 atom stereocenters. The van der Waals surface area contributed by atoms with E-state index in [-0.39, 0.29) is 5.91 Å². The highest BCUT2D eigenvalue weighted by Crippen LogP contribution is 2.10. The highest BCUT2D eigenvalue weighted by molar-refractivity contribution is 5.93. The number of hydrogen-bond donors (Lipinski definition) is 2. The van der Waals surface area contributed by atoms with E-state index in [0.717, 1.165) is 25.3 Å². The highest BCUT2D eigenvalue weighted by Gasteiger charge is 2.10. The topological polar surface area (TPSA) is 57.3 Å². The third-order valence-corrected chi connectivity index (χ3v) is 3.17. The van der Waals surface area contributed by atoms with Crippen LogP contribution in [0.4, 0.5) is 5.69 Å². The van der Waals surface area contributed by atoms with Crippen LogP contribution in [0.1, 0.15) is 38.2 Å². The minimum absolute atomic E-state index is 0.132. The number of nitrogens with one attached hydrogen (secondary N) is 2. The van der Waals surface area contributed by atoms with Gasteiger partial charge in [0, 0.05) is 31.0 Å². The van der Waals surface area contributed by atoms with E-state index in [0.29, 0.717) is 18.3 Å². The van der Waals surface area contributed by atoms with Crippen molar-refractivity contribution in [2.75, 3.05) is 31.5 Å². The lowest BCUT2D eigenvalue weighted by molar-refractivity contribution is 0.0951. The molecule has 1 heterocycles. The van der Waals surface area contributed by atoms with Crippen molar-refractivity contribution in [3.63, 3.8) is 0 Å². The molecular formula is C15H26N4O. The fourth-order valence-electron chi connectivity index (χ4n) is 2.09. The van der Waals surface area contributed by atoms with Crippen LogP contribution in [0.3, 0.4) is 0 Å². The second-order valence-electron chi connectivity index (χ2n) is 4.82. The van der Waals surface area contributed by atoms with Crippen LogP contribution in [0.2, 0.25) is 0 Å². The molecule has 1 aromatic heterocycles. The monoisotopic (exact) mass is 278 g/mol. The molecule has 0 spiro atoms. The second kappa shape index (κ2) is 8.53. The normalized spacial score (nSPS) is 12.2. The van der Waals surface area contributed by atoms with E-state index in [1.165, 1.54) is 0 Å². The minimum Gasteiger partial charge on any atom is -0.381 e. The van der Waals surface area contributed by atoms with E-state index < -0.39 is 0 Å². The Balaban J connectivity index is 2.63. The molecule has 0 radical (unpaired) electrons.